The number of alkyl carbamates (subject to hydrolysis) is 2. The van der Waals surface area contributed by atoms with E-state index in [1.165, 1.54) is 25.6 Å². The Morgan fingerprint density at radius 1 is 0.833 bits per heavy atom. The van der Waals surface area contributed by atoms with Crippen LogP contribution < -0.4 is 10.6 Å². The van der Waals surface area contributed by atoms with Gasteiger partial charge in [-0.05, 0) is 55.7 Å². The summed E-state index contributed by atoms with van der Waals surface area (Å²) in [5.41, 5.74) is 3.91. The van der Waals surface area contributed by atoms with E-state index >= 15 is 0 Å². The van der Waals surface area contributed by atoms with Gasteiger partial charge in [0.25, 0.3) is 0 Å². The first-order chi connectivity index (χ1) is 26.0. The molecule has 0 saturated carbocycles. The van der Waals surface area contributed by atoms with Crippen molar-refractivity contribution in [1.82, 2.24) is 55.0 Å². The SMILES string of the molecule is COC(=O)N[C@H](C(=O)N1CCC[C@H]1c1ncc(-c2cnc3sc(-c4ccc5nc([C@@H]6CCCN6C(=O)[C@@H](NC(=O)OC)C(C)C)[nH]c5c4)nn23)[nH]1)C(C)C. The summed E-state index contributed by atoms with van der Waals surface area (Å²) in [6.07, 6.45) is 5.33. The number of fused-ring (bicyclic) bond motifs is 2. The zero-order valence-corrected chi connectivity index (χ0v) is 31.9. The van der Waals surface area contributed by atoms with E-state index in [-0.39, 0.29) is 35.7 Å². The fourth-order valence-corrected chi connectivity index (χ4v) is 8.21. The molecule has 7 rings (SSSR count). The van der Waals surface area contributed by atoms with Crippen LogP contribution in [0, 0.1) is 11.8 Å². The second-order valence-electron chi connectivity index (χ2n) is 14.4. The molecule has 4 aromatic heterocycles. The smallest absolute Gasteiger partial charge is 0.407 e. The monoisotopic (exact) mass is 759 g/mol. The number of ether oxygens (including phenoxy) is 2. The fraction of sp³-hybridized carbons (Fsp3) is 0.500. The Balaban J connectivity index is 1.10. The number of hydrogen-bond donors (Lipinski definition) is 4. The van der Waals surface area contributed by atoms with E-state index in [2.05, 4.69) is 30.6 Å². The quantitative estimate of drug-likeness (QED) is 0.153. The molecule has 2 saturated heterocycles. The Labute approximate surface area is 315 Å². The maximum absolute atomic E-state index is 13.6. The van der Waals surface area contributed by atoms with Crippen molar-refractivity contribution >= 4 is 51.3 Å². The largest absolute Gasteiger partial charge is 0.453 e. The number of carbonyl (C=O) groups excluding carboxylic acids is 4. The predicted molar refractivity (Wildman–Crippen MR) is 199 cm³/mol. The van der Waals surface area contributed by atoms with Gasteiger partial charge < -0.3 is 39.9 Å². The normalized spacial score (nSPS) is 18.5. The number of rotatable bonds is 10. The van der Waals surface area contributed by atoms with E-state index in [1.807, 2.05) is 45.9 Å². The van der Waals surface area contributed by atoms with Gasteiger partial charge in [-0.2, -0.15) is 5.10 Å². The maximum Gasteiger partial charge on any atom is 0.407 e. The van der Waals surface area contributed by atoms with Crippen LogP contribution in [0.3, 0.4) is 0 Å². The molecule has 286 valence electrons. The molecular weight excluding hydrogens is 715 g/mol. The lowest BCUT2D eigenvalue weighted by atomic mass is 10.0. The van der Waals surface area contributed by atoms with Gasteiger partial charge in [0.1, 0.15) is 34.4 Å². The van der Waals surface area contributed by atoms with Crippen LogP contribution in [0.2, 0.25) is 0 Å². The molecular formula is C36H45N11O6S. The lowest BCUT2D eigenvalue weighted by Crippen LogP contribution is -2.51. The first-order valence-electron chi connectivity index (χ1n) is 18.2. The number of likely N-dealkylation sites (tertiary alicyclic amines) is 2. The summed E-state index contributed by atoms with van der Waals surface area (Å²) in [5, 5.41) is 11.1. The molecule has 5 aromatic rings. The van der Waals surface area contributed by atoms with Gasteiger partial charge >= 0.3 is 12.2 Å². The zero-order valence-electron chi connectivity index (χ0n) is 31.1. The summed E-state index contributed by atoms with van der Waals surface area (Å²) < 4.78 is 11.3. The van der Waals surface area contributed by atoms with Gasteiger partial charge in [0.15, 0.2) is 0 Å². The van der Waals surface area contributed by atoms with Crippen LogP contribution in [0.5, 0.6) is 0 Å². The first kappa shape index (κ1) is 36.8. The highest BCUT2D eigenvalue weighted by Crippen LogP contribution is 2.36. The topological polar surface area (TPSA) is 205 Å². The molecule has 4 atom stereocenters. The second-order valence-corrected chi connectivity index (χ2v) is 15.3. The molecule has 54 heavy (non-hydrogen) atoms. The number of aromatic nitrogens is 7. The highest BCUT2D eigenvalue weighted by molar-refractivity contribution is 7.19. The van der Waals surface area contributed by atoms with Crippen LogP contribution >= 0.6 is 11.3 Å². The van der Waals surface area contributed by atoms with Crippen molar-refractivity contribution in [3.05, 3.63) is 42.2 Å². The number of aromatic amines is 2. The minimum Gasteiger partial charge on any atom is -0.453 e. The van der Waals surface area contributed by atoms with Gasteiger partial charge in [-0.3, -0.25) is 9.59 Å². The number of carbonyl (C=O) groups is 4. The Morgan fingerprint density at radius 3 is 2.04 bits per heavy atom. The van der Waals surface area contributed by atoms with Crippen LogP contribution in [0.25, 0.3) is 38.0 Å². The molecule has 2 aliphatic rings. The van der Waals surface area contributed by atoms with Crippen LogP contribution in [-0.4, -0.2) is 108 Å². The summed E-state index contributed by atoms with van der Waals surface area (Å²) in [4.78, 5) is 76.5. The summed E-state index contributed by atoms with van der Waals surface area (Å²) in [6, 6.07) is 3.96. The summed E-state index contributed by atoms with van der Waals surface area (Å²) in [6.45, 7) is 8.69. The Morgan fingerprint density at radius 2 is 1.44 bits per heavy atom. The van der Waals surface area contributed by atoms with Crippen LogP contribution in [-0.2, 0) is 19.1 Å². The predicted octanol–water partition coefficient (Wildman–Crippen LogP) is 4.81. The zero-order chi connectivity index (χ0) is 38.3. The van der Waals surface area contributed by atoms with E-state index in [9.17, 15) is 19.2 Å². The average Bonchev–Trinajstić information content (AvgIpc) is 4.00. The number of methoxy groups -OCH3 is 2. The van der Waals surface area contributed by atoms with E-state index in [0.717, 1.165) is 53.0 Å². The minimum atomic E-state index is -0.719. The number of hydrogen-bond acceptors (Lipinski definition) is 11. The van der Waals surface area contributed by atoms with E-state index in [4.69, 9.17) is 19.6 Å². The third-order valence-electron chi connectivity index (χ3n) is 10.2. The minimum absolute atomic E-state index is 0.125. The molecule has 18 heteroatoms. The van der Waals surface area contributed by atoms with E-state index in [1.54, 1.807) is 26.7 Å². The average molecular weight is 760 g/mol. The van der Waals surface area contributed by atoms with Crippen molar-refractivity contribution in [2.24, 2.45) is 11.8 Å². The van der Waals surface area contributed by atoms with Gasteiger partial charge in [0.05, 0.1) is 55.4 Å². The van der Waals surface area contributed by atoms with Crippen molar-refractivity contribution in [2.45, 2.75) is 77.5 Å². The van der Waals surface area contributed by atoms with Crippen molar-refractivity contribution in [3.8, 4) is 22.0 Å². The molecule has 17 nitrogen and oxygen atoms in total. The summed E-state index contributed by atoms with van der Waals surface area (Å²) in [5.74, 6) is 0.766. The molecule has 1 aromatic carbocycles. The molecule has 0 unspecified atom stereocenters. The number of H-pyrrole nitrogens is 2. The Bertz CT molecular complexity index is 2190. The van der Waals surface area contributed by atoms with Crippen LogP contribution in [0.4, 0.5) is 9.59 Å². The highest BCUT2D eigenvalue weighted by Gasteiger charge is 2.39. The molecule has 6 heterocycles. The van der Waals surface area contributed by atoms with Crippen molar-refractivity contribution in [1.29, 1.82) is 0 Å². The number of nitrogens with zero attached hydrogens (tertiary/aromatic N) is 7. The molecule has 0 radical (unpaired) electrons. The Kier molecular flexibility index (Phi) is 10.3. The third-order valence-corrected chi connectivity index (χ3v) is 11.2. The number of imidazole rings is 3. The third kappa shape index (κ3) is 6.97. The van der Waals surface area contributed by atoms with Crippen LogP contribution in [0.1, 0.15) is 77.1 Å². The summed E-state index contributed by atoms with van der Waals surface area (Å²) >= 11 is 1.45. The van der Waals surface area contributed by atoms with Crippen molar-refractivity contribution in [3.63, 3.8) is 0 Å². The molecule has 0 aliphatic carbocycles. The fourth-order valence-electron chi connectivity index (χ4n) is 7.34. The molecule has 0 bridgehead atoms. The van der Waals surface area contributed by atoms with Crippen LogP contribution in [0.15, 0.2) is 30.6 Å². The van der Waals surface area contributed by atoms with E-state index in [0.29, 0.717) is 35.4 Å². The first-order valence-corrected chi connectivity index (χ1v) is 19.0. The molecule has 2 aliphatic heterocycles. The van der Waals surface area contributed by atoms with Gasteiger partial charge in [-0.25, -0.2) is 29.1 Å². The highest BCUT2D eigenvalue weighted by atomic mass is 32.1. The van der Waals surface area contributed by atoms with Crippen molar-refractivity contribution < 1.29 is 28.7 Å². The van der Waals surface area contributed by atoms with Crippen molar-refractivity contribution in [2.75, 3.05) is 27.3 Å². The number of benzene rings is 1. The molecule has 4 N–H and O–H groups in total. The molecule has 0 spiro atoms. The maximum atomic E-state index is 13.6. The van der Waals surface area contributed by atoms with Gasteiger partial charge in [-0.1, -0.05) is 39.0 Å². The van der Waals surface area contributed by atoms with E-state index < -0.39 is 24.3 Å². The Hall–Kier alpha value is -5.52. The number of amides is 4. The summed E-state index contributed by atoms with van der Waals surface area (Å²) in [7, 11) is 2.56. The number of nitrogens with one attached hydrogen (secondary N) is 4. The van der Waals surface area contributed by atoms with Gasteiger partial charge in [0, 0.05) is 18.7 Å². The standard InChI is InChI=1S/C36H45N11O6S/c1-18(2)27(42-35(50)52-5)32(48)45-13-7-9-24(45)29-37-16-23(41-29)26-17-38-34-47(26)44-31(54-34)20-11-12-21-22(15-20)40-30(39-21)25-10-8-14-46(25)33(49)28(19(3)4)43-36(51)53-6/h11-12,15-19,24-25,27-28H,7-10,13-14H2,1-6H3,(H,37,41)(H,39,40)(H,42,50)(H,43,51)/t24-,25-,27-,28-/m0/s1. The molecule has 2 fully saturated rings. The van der Waals surface area contributed by atoms with Gasteiger partial charge in [-0.15, -0.1) is 0 Å². The lowest BCUT2D eigenvalue weighted by molar-refractivity contribution is -0.136. The lowest BCUT2D eigenvalue weighted by Gasteiger charge is -2.30. The van der Waals surface area contributed by atoms with Gasteiger partial charge in [0.2, 0.25) is 16.8 Å². The second kappa shape index (κ2) is 15.1. The molecule has 4 amide bonds.